The number of benzene rings is 1. The molecular formula is C30H32FN5O5S. The molecule has 0 saturated carbocycles. The van der Waals surface area contributed by atoms with E-state index in [1.807, 2.05) is 25.7 Å². The normalized spacial score (nSPS) is 18.9. The summed E-state index contributed by atoms with van der Waals surface area (Å²) in [6.45, 7) is 6.24. The number of ether oxygens (including phenoxy) is 2. The topological polar surface area (TPSA) is 107 Å². The Morgan fingerprint density at radius 1 is 1.02 bits per heavy atom. The number of amides is 1. The lowest BCUT2D eigenvalue weighted by Crippen LogP contribution is -2.57. The zero-order chi connectivity index (χ0) is 29.8. The average Bonchev–Trinajstić information content (AvgIpc) is 3.48. The van der Waals surface area contributed by atoms with E-state index in [2.05, 4.69) is 9.97 Å². The maximum absolute atomic E-state index is 15.7. The molecule has 220 valence electrons. The van der Waals surface area contributed by atoms with Crippen LogP contribution in [0.1, 0.15) is 33.6 Å². The van der Waals surface area contributed by atoms with Gasteiger partial charge in [-0.25, -0.2) is 31.5 Å². The third kappa shape index (κ3) is 4.83. The van der Waals surface area contributed by atoms with Crippen LogP contribution in [0.3, 0.4) is 0 Å². The number of hydrogen-bond acceptors (Lipinski definition) is 8. The maximum atomic E-state index is 15.7. The van der Waals surface area contributed by atoms with Gasteiger partial charge < -0.3 is 14.4 Å². The number of anilines is 1. The molecule has 0 N–H and O–H groups in total. The van der Waals surface area contributed by atoms with Gasteiger partial charge in [0.15, 0.2) is 11.5 Å². The van der Waals surface area contributed by atoms with E-state index in [-0.39, 0.29) is 34.4 Å². The molecule has 2 aliphatic heterocycles. The van der Waals surface area contributed by atoms with Gasteiger partial charge in [-0.15, -0.1) is 0 Å². The van der Waals surface area contributed by atoms with Crippen LogP contribution in [0.2, 0.25) is 0 Å². The van der Waals surface area contributed by atoms with Crippen LogP contribution in [0.5, 0.6) is 5.88 Å². The summed E-state index contributed by atoms with van der Waals surface area (Å²) >= 11 is 0. The molecule has 3 aromatic heterocycles. The maximum Gasteiger partial charge on any atom is 0.410 e. The highest BCUT2D eigenvalue weighted by molar-refractivity contribution is 7.90. The Bertz CT molecular complexity index is 1760. The first-order valence-corrected chi connectivity index (χ1v) is 15.2. The summed E-state index contributed by atoms with van der Waals surface area (Å²) in [6.07, 6.45) is 3.74. The predicted molar refractivity (Wildman–Crippen MR) is 156 cm³/mol. The summed E-state index contributed by atoms with van der Waals surface area (Å²) in [5, 5.41) is 0.352. The van der Waals surface area contributed by atoms with Crippen molar-refractivity contribution in [1.82, 2.24) is 18.8 Å². The summed E-state index contributed by atoms with van der Waals surface area (Å²) in [6, 6.07) is 12.7. The highest BCUT2D eigenvalue weighted by Crippen LogP contribution is 2.41. The molecule has 2 fully saturated rings. The minimum Gasteiger partial charge on any atom is -0.481 e. The van der Waals surface area contributed by atoms with Crippen molar-refractivity contribution in [2.24, 2.45) is 0 Å². The van der Waals surface area contributed by atoms with E-state index in [4.69, 9.17) is 9.47 Å². The molecule has 12 heteroatoms. The van der Waals surface area contributed by atoms with E-state index in [0.29, 0.717) is 35.6 Å². The molecule has 1 aromatic carbocycles. The summed E-state index contributed by atoms with van der Waals surface area (Å²) in [7, 11) is -2.67. The van der Waals surface area contributed by atoms with Crippen molar-refractivity contribution in [1.29, 1.82) is 0 Å². The van der Waals surface area contributed by atoms with Gasteiger partial charge in [0.25, 0.3) is 10.0 Å². The second-order valence-electron chi connectivity index (χ2n) is 11.6. The molecule has 2 bridgehead atoms. The molecule has 5 heterocycles. The summed E-state index contributed by atoms with van der Waals surface area (Å²) < 4.78 is 56.0. The Hall–Kier alpha value is -4.19. The monoisotopic (exact) mass is 593 g/mol. The molecule has 0 spiro atoms. The van der Waals surface area contributed by atoms with Gasteiger partial charge in [-0.05, 0) is 57.9 Å². The van der Waals surface area contributed by atoms with Crippen molar-refractivity contribution in [3.05, 3.63) is 66.7 Å². The van der Waals surface area contributed by atoms with Gasteiger partial charge in [0.2, 0.25) is 5.88 Å². The number of nitrogens with zero attached hydrogens (tertiary/aromatic N) is 5. The fraction of sp³-hybridized carbons (Fsp3) is 0.367. The number of piperazine rings is 1. The smallest absolute Gasteiger partial charge is 0.410 e. The number of fused-ring (bicyclic) bond motifs is 3. The van der Waals surface area contributed by atoms with Crippen molar-refractivity contribution >= 4 is 32.8 Å². The van der Waals surface area contributed by atoms with Gasteiger partial charge in [0.05, 0.1) is 41.7 Å². The lowest BCUT2D eigenvalue weighted by atomic mass is 10.1. The predicted octanol–water partition coefficient (Wildman–Crippen LogP) is 5.07. The third-order valence-electron chi connectivity index (χ3n) is 7.64. The fourth-order valence-electron chi connectivity index (χ4n) is 5.93. The highest BCUT2D eigenvalue weighted by atomic mass is 32.2. The first-order chi connectivity index (χ1) is 20.0. The van der Waals surface area contributed by atoms with Gasteiger partial charge >= 0.3 is 6.09 Å². The molecule has 2 aliphatic rings. The van der Waals surface area contributed by atoms with Gasteiger partial charge in [-0.1, -0.05) is 18.2 Å². The van der Waals surface area contributed by atoms with Crippen molar-refractivity contribution in [3.63, 3.8) is 0 Å². The first-order valence-electron chi connectivity index (χ1n) is 13.7. The third-order valence-corrected chi connectivity index (χ3v) is 9.36. The second-order valence-corrected chi connectivity index (χ2v) is 13.4. The Labute approximate surface area is 243 Å². The van der Waals surface area contributed by atoms with E-state index in [1.54, 1.807) is 41.3 Å². The molecule has 0 aliphatic carbocycles. The lowest BCUT2D eigenvalue weighted by Gasteiger charge is -2.42. The lowest BCUT2D eigenvalue weighted by molar-refractivity contribution is 0.0123. The molecule has 10 nitrogen and oxygen atoms in total. The Morgan fingerprint density at radius 2 is 1.71 bits per heavy atom. The Morgan fingerprint density at radius 3 is 2.36 bits per heavy atom. The van der Waals surface area contributed by atoms with E-state index in [9.17, 15) is 13.2 Å². The summed E-state index contributed by atoms with van der Waals surface area (Å²) in [5.41, 5.74) is 0.536. The van der Waals surface area contributed by atoms with Crippen molar-refractivity contribution < 1.29 is 27.1 Å². The molecule has 6 rings (SSSR count). The molecule has 2 saturated heterocycles. The Kier molecular flexibility index (Phi) is 6.83. The number of methoxy groups -OCH3 is 1. The quantitative estimate of drug-likeness (QED) is 0.316. The van der Waals surface area contributed by atoms with E-state index in [1.165, 1.54) is 25.4 Å². The number of hydrogen-bond donors (Lipinski definition) is 0. The minimum absolute atomic E-state index is 0.0708. The van der Waals surface area contributed by atoms with Gasteiger partial charge in [-0.2, -0.15) is 0 Å². The number of halogens is 1. The number of aromatic nitrogens is 3. The number of rotatable bonds is 5. The number of pyridine rings is 2. The van der Waals surface area contributed by atoms with E-state index in [0.717, 1.165) is 23.0 Å². The standard InChI is InChI=1S/C30H32FN5O5S/c1-30(2,3)41-29(37)35-20-10-11-21(35)18-34(17-20)27-23-15-25(19-12-13-32-26(14-19)40-4)36(28(23)33-16-24(27)31)42(38,39)22-8-6-5-7-9-22/h5-9,12-16,20-21H,10-11,17-18H2,1-4H3. The molecule has 42 heavy (non-hydrogen) atoms. The molecule has 4 aromatic rings. The van der Waals surface area contributed by atoms with Gasteiger partial charge in [0.1, 0.15) is 5.60 Å². The van der Waals surface area contributed by atoms with Crippen molar-refractivity contribution in [2.45, 2.75) is 56.2 Å². The van der Waals surface area contributed by atoms with Crippen molar-refractivity contribution in [2.75, 3.05) is 25.1 Å². The molecule has 2 unspecified atom stereocenters. The van der Waals surface area contributed by atoms with Crippen LogP contribution < -0.4 is 9.64 Å². The molecule has 1 amide bonds. The van der Waals surface area contributed by atoms with E-state index >= 15 is 4.39 Å². The minimum atomic E-state index is -4.15. The van der Waals surface area contributed by atoms with Crippen LogP contribution in [-0.4, -0.2) is 71.2 Å². The zero-order valence-electron chi connectivity index (χ0n) is 23.8. The van der Waals surface area contributed by atoms with Crippen LogP contribution in [0, 0.1) is 5.82 Å². The van der Waals surface area contributed by atoms with Crippen LogP contribution >= 0.6 is 0 Å². The fourth-order valence-corrected chi connectivity index (χ4v) is 7.43. The second kappa shape index (κ2) is 10.3. The Balaban J connectivity index is 1.49. The zero-order valence-corrected chi connectivity index (χ0v) is 24.6. The molecular weight excluding hydrogens is 561 g/mol. The van der Waals surface area contributed by atoms with Gasteiger partial charge in [0, 0.05) is 36.3 Å². The SMILES string of the molecule is COc1cc(-c2cc3c(N4CC5CCC(C4)N5C(=O)OC(C)(C)C)c(F)cnc3n2S(=O)(=O)c2ccccc2)ccn1. The first kappa shape index (κ1) is 28.0. The van der Waals surface area contributed by atoms with Crippen LogP contribution in [0.15, 0.2) is 65.8 Å². The molecule has 2 atom stereocenters. The summed E-state index contributed by atoms with van der Waals surface area (Å²) in [4.78, 5) is 25.2. The van der Waals surface area contributed by atoms with Gasteiger partial charge in [-0.3, -0.25) is 4.90 Å². The average molecular weight is 594 g/mol. The summed E-state index contributed by atoms with van der Waals surface area (Å²) in [5.74, 6) is -0.267. The highest BCUT2D eigenvalue weighted by Gasteiger charge is 2.45. The van der Waals surface area contributed by atoms with E-state index < -0.39 is 21.4 Å². The van der Waals surface area contributed by atoms with Crippen LogP contribution in [0.25, 0.3) is 22.3 Å². The number of carbonyl (C=O) groups is 1. The van der Waals surface area contributed by atoms with Crippen LogP contribution in [-0.2, 0) is 14.8 Å². The van der Waals surface area contributed by atoms with Crippen molar-refractivity contribution in [3.8, 4) is 17.1 Å². The largest absolute Gasteiger partial charge is 0.481 e. The number of carbonyl (C=O) groups excluding carboxylic acids is 1. The van der Waals surface area contributed by atoms with Crippen LogP contribution in [0.4, 0.5) is 14.9 Å². The molecule has 0 radical (unpaired) electrons.